The highest BCUT2D eigenvalue weighted by Crippen LogP contribution is 2.51. The highest BCUT2D eigenvalue weighted by molar-refractivity contribution is 7.81. The Morgan fingerprint density at radius 3 is 2.12 bits per heavy atom. The standard InChI is InChI=1S/C29H33F3N6O2S/c1-27(2,3)40-26(39)36-15-13-35(14-16-36)20-7-9-21(10-8-20)38-25(41)37(24(34)28(38)11-4-12-28)22-6-5-19(18-33)23(17-22)29(30,31)32/h5-10,17,25,34,41H,4,11-16H2,1-3H3. The van der Waals surface area contributed by atoms with Gasteiger partial charge >= 0.3 is 12.3 Å². The lowest BCUT2D eigenvalue weighted by Gasteiger charge is -2.46. The van der Waals surface area contributed by atoms with Gasteiger partial charge in [0, 0.05) is 43.2 Å². The molecule has 0 bridgehead atoms. The fourth-order valence-corrected chi connectivity index (χ4v) is 6.34. The fraction of sp³-hybridized carbons (Fsp3) is 0.483. The van der Waals surface area contributed by atoms with Crippen LogP contribution in [0, 0.1) is 16.7 Å². The topological polar surface area (TPSA) is 86.9 Å². The van der Waals surface area contributed by atoms with Crippen LogP contribution in [0.5, 0.6) is 0 Å². The summed E-state index contributed by atoms with van der Waals surface area (Å²) in [6.07, 6.45) is -2.73. The number of alkyl halides is 3. The van der Waals surface area contributed by atoms with Crippen molar-refractivity contribution in [3.8, 4) is 6.07 Å². The van der Waals surface area contributed by atoms with Crippen LogP contribution in [0.15, 0.2) is 42.5 Å². The van der Waals surface area contributed by atoms with Crippen LogP contribution in [-0.2, 0) is 10.9 Å². The number of carbonyl (C=O) groups excluding carboxylic acids is 1. The van der Waals surface area contributed by atoms with Crippen molar-refractivity contribution in [1.82, 2.24) is 4.90 Å². The molecule has 2 aromatic rings. The summed E-state index contributed by atoms with van der Waals surface area (Å²) in [5, 5.41) is 18.2. The van der Waals surface area contributed by atoms with Crippen molar-refractivity contribution in [3.63, 3.8) is 0 Å². The van der Waals surface area contributed by atoms with Gasteiger partial charge in [0.05, 0.1) is 17.2 Å². The summed E-state index contributed by atoms with van der Waals surface area (Å²) >= 11 is 4.81. The number of carbonyl (C=O) groups is 1. The number of nitriles is 1. The zero-order valence-electron chi connectivity index (χ0n) is 23.2. The highest BCUT2D eigenvalue weighted by Gasteiger charge is 2.57. The zero-order chi connectivity index (χ0) is 29.7. The minimum Gasteiger partial charge on any atom is -0.444 e. The van der Waals surface area contributed by atoms with Gasteiger partial charge in [-0.25, -0.2) is 4.79 Å². The summed E-state index contributed by atoms with van der Waals surface area (Å²) in [7, 11) is 0. The van der Waals surface area contributed by atoms with Gasteiger partial charge in [0.1, 0.15) is 17.0 Å². The van der Waals surface area contributed by atoms with Crippen molar-refractivity contribution in [2.75, 3.05) is 40.9 Å². The van der Waals surface area contributed by atoms with Crippen molar-refractivity contribution < 1.29 is 22.7 Å². The van der Waals surface area contributed by atoms with E-state index < -0.39 is 33.9 Å². The van der Waals surface area contributed by atoms with E-state index in [0.29, 0.717) is 39.0 Å². The van der Waals surface area contributed by atoms with Crippen LogP contribution >= 0.6 is 12.6 Å². The van der Waals surface area contributed by atoms with Crippen LogP contribution in [0.3, 0.4) is 0 Å². The number of rotatable bonds is 3. The molecule has 1 N–H and O–H groups in total. The molecule has 5 rings (SSSR count). The molecule has 2 aromatic carbocycles. The average molecular weight is 587 g/mol. The number of ether oxygens (including phenoxy) is 1. The van der Waals surface area contributed by atoms with Gasteiger partial charge in [-0.3, -0.25) is 10.3 Å². The Hall–Kier alpha value is -3.59. The summed E-state index contributed by atoms with van der Waals surface area (Å²) in [5.41, 5.74) is -1.42. The SMILES string of the molecule is CC(C)(C)OC(=O)N1CCN(c2ccc(N3C(S)N(c4ccc(C#N)c(C(F)(F)F)c4)C(=N)C34CCC4)cc2)CC1. The molecule has 2 heterocycles. The molecule has 1 atom stereocenters. The number of anilines is 3. The van der Waals surface area contributed by atoms with Gasteiger partial charge in [0.2, 0.25) is 0 Å². The Morgan fingerprint density at radius 2 is 1.61 bits per heavy atom. The van der Waals surface area contributed by atoms with Gasteiger partial charge in [-0.05, 0) is 82.5 Å². The normalized spacial score (nSPS) is 20.7. The number of hydrogen-bond donors (Lipinski definition) is 2. The Morgan fingerprint density at radius 1 is 1.02 bits per heavy atom. The lowest BCUT2D eigenvalue weighted by Crippen LogP contribution is -2.55. The molecular weight excluding hydrogens is 553 g/mol. The number of hydrogen-bond acceptors (Lipinski definition) is 7. The van der Waals surface area contributed by atoms with E-state index in [2.05, 4.69) is 4.90 Å². The Kier molecular flexibility index (Phi) is 7.30. The lowest BCUT2D eigenvalue weighted by molar-refractivity contribution is -0.137. The van der Waals surface area contributed by atoms with E-state index in [-0.39, 0.29) is 17.6 Å². The second kappa shape index (κ2) is 10.4. The molecule has 3 aliphatic rings. The third kappa shape index (κ3) is 5.27. The molecule has 12 heteroatoms. The summed E-state index contributed by atoms with van der Waals surface area (Å²) in [4.78, 5) is 19.8. The molecule has 1 saturated carbocycles. The number of nitrogens with one attached hydrogen (secondary N) is 1. The van der Waals surface area contributed by atoms with E-state index in [1.165, 1.54) is 11.0 Å². The number of thiol groups is 1. The first-order valence-electron chi connectivity index (χ1n) is 13.6. The monoisotopic (exact) mass is 586 g/mol. The van der Waals surface area contributed by atoms with Crippen molar-refractivity contribution in [1.29, 1.82) is 10.7 Å². The third-order valence-corrected chi connectivity index (χ3v) is 8.38. The molecule has 1 amide bonds. The number of amides is 1. The molecule has 218 valence electrons. The number of halogens is 3. The maximum absolute atomic E-state index is 13.7. The lowest BCUT2D eigenvalue weighted by atomic mass is 9.75. The summed E-state index contributed by atoms with van der Waals surface area (Å²) in [5.74, 6) is 0.198. The second-order valence-electron chi connectivity index (χ2n) is 11.6. The molecular formula is C29H33F3N6O2S. The van der Waals surface area contributed by atoms with Gasteiger partial charge < -0.3 is 19.4 Å². The van der Waals surface area contributed by atoms with Gasteiger partial charge in [0.25, 0.3) is 0 Å². The molecule has 8 nitrogen and oxygen atoms in total. The molecule has 0 aromatic heterocycles. The van der Waals surface area contributed by atoms with E-state index in [9.17, 15) is 23.2 Å². The van der Waals surface area contributed by atoms with E-state index >= 15 is 0 Å². The van der Waals surface area contributed by atoms with Crippen LogP contribution in [0.1, 0.15) is 51.2 Å². The second-order valence-corrected chi connectivity index (χ2v) is 12.1. The molecule has 2 aliphatic heterocycles. The van der Waals surface area contributed by atoms with E-state index in [1.54, 1.807) is 11.0 Å². The predicted molar refractivity (Wildman–Crippen MR) is 155 cm³/mol. The van der Waals surface area contributed by atoms with Crippen molar-refractivity contribution >= 4 is 41.6 Å². The van der Waals surface area contributed by atoms with Crippen LogP contribution in [0.2, 0.25) is 0 Å². The fourth-order valence-electron chi connectivity index (χ4n) is 5.73. The third-order valence-electron chi connectivity index (χ3n) is 7.92. The highest BCUT2D eigenvalue weighted by atomic mass is 32.1. The summed E-state index contributed by atoms with van der Waals surface area (Å²) in [6, 6.07) is 13.0. The Balaban J connectivity index is 1.35. The Bertz CT molecular complexity index is 1370. The smallest absolute Gasteiger partial charge is 0.417 e. The largest absolute Gasteiger partial charge is 0.444 e. The van der Waals surface area contributed by atoms with Gasteiger partial charge in [-0.15, -0.1) is 12.6 Å². The zero-order valence-corrected chi connectivity index (χ0v) is 24.1. The average Bonchev–Trinajstić information content (AvgIpc) is 3.13. The number of piperazine rings is 1. The van der Waals surface area contributed by atoms with Gasteiger partial charge in [-0.1, -0.05) is 0 Å². The van der Waals surface area contributed by atoms with E-state index in [1.807, 2.05) is 49.9 Å². The van der Waals surface area contributed by atoms with Crippen molar-refractivity contribution in [3.05, 3.63) is 53.6 Å². The predicted octanol–water partition coefficient (Wildman–Crippen LogP) is 6.07. The van der Waals surface area contributed by atoms with Crippen LogP contribution in [0.25, 0.3) is 0 Å². The van der Waals surface area contributed by atoms with Gasteiger partial charge in [0.15, 0.2) is 5.50 Å². The number of amidine groups is 1. The molecule has 1 unspecified atom stereocenters. The van der Waals surface area contributed by atoms with Crippen molar-refractivity contribution in [2.24, 2.45) is 0 Å². The first kappa shape index (κ1) is 28.9. The maximum atomic E-state index is 13.7. The van der Waals surface area contributed by atoms with E-state index in [0.717, 1.165) is 29.9 Å². The van der Waals surface area contributed by atoms with Crippen LogP contribution in [-0.4, -0.2) is 59.6 Å². The minimum absolute atomic E-state index is 0.176. The Labute approximate surface area is 243 Å². The summed E-state index contributed by atoms with van der Waals surface area (Å²) in [6.45, 7) is 7.92. The molecule has 2 saturated heterocycles. The molecule has 3 fully saturated rings. The molecule has 41 heavy (non-hydrogen) atoms. The molecule has 1 spiro atoms. The van der Waals surface area contributed by atoms with E-state index in [4.69, 9.17) is 22.8 Å². The minimum atomic E-state index is -4.70. The number of benzene rings is 2. The first-order chi connectivity index (χ1) is 19.2. The van der Waals surface area contributed by atoms with Crippen LogP contribution in [0.4, 0.5) is 35.0 Å². The maximum Gasteiger partial charge on any atom is 0.417 e. The number of nitrogens with zero attached hydrogens (tertiary/aromatic N) is 5. The molecule has 0 radical (unpaired) electrons. The summed E-state index contributed by atoms with van der Waals surface area (Å²) < 4.78 is 46.6. The van der Waals surface area contributed by atoms with Gasteiger partial charge in [-0.2, -0.15) is 18.4 Å². The first-order valence-corrected chi connectivity index (χ1v) is 14.1. The quantitative estimate of drug-likeness (QED) is 0.425. The van der Waals surface area contributed by atoms with Crippen molar-refractivity contribution in [2.45, 2.75) is 62.8 Å². The van der Waals surface area contributed by atoms with Crippen LogP contribution < -0.4 is 14.7 Å². The molecule has 1 aliphatic carbocycles.